The quantitative estimate of drug-likeness (QED) is 0.902. The molecule has 0 saturated carbocycles. The summed E-state index contributed by atoms with van der Waals surface area (Å²) in [6.45, 7) is 1.74. The van der Waals surface area contributed by atoms with Gasteiger partial charge in [-0.1, -0.05) is 0 Å². The minimum Gasteiger partial charge on any atom is -0.442 e. The van der Waals surface area contributed by atoms with Crippen molar-refractivity contribution in [1.29, 1.82) is 0 Å². The maximum Gasteiger partial charge on any atom is 0.194 e. The number of aliphatic hydroxyl groups excluding tert-OH is 1. The van der Waals surface area contributed by atoms with E-state index in [4.69, 9.17) is 16.0 Å². The van der Waals surface area contributed by atoms with Gasteiger partial charge >= 0.3 is 0 Å². The molecule has 0 fully saturated rings. The maximum absolute atomic E-state index is 9.21. The van der Waals surface area contributed by atoms with Crippen LogP contribution in [-0.2, 0) is 6.42 Å². The van der Waals surface area contributed by atoms with E-state index in [0.717, 1.165) is 10.7 Å². The number of hydrogen-bond acceptors (Lipinski definition) is 4. The van der Waals surface area contributed by atoms with Crippen molar-refractivity contribution in [3.63, 3.8) is 0 Å². The molecule has 1 N–H and O–H groups in total. The van der Waals surface area contributed by atoms with E-state index in [1.54, 1.807) is 19.1 Å². The summed E-state index contributed by atoms with van der Waals surface area (Å²) in [5.74, 6) is 0.668. The van der Waals surface area contributed by atoms with E-state index in [1.165, 1.54) is 11.3 Å². The Morgan fingerprint density at radius 3 is 3.00 bits per heavy atom. The largest absolute Gasteiger partial charge is 0.442 e. The standard InChI is InChI=1S/C10H10ClNO2S/c1-6(13)4-7-5-15-10(12-7)8-2-3-9(11)14-8/h2-3,5-6,13H,4H2,1H3. The summed E-state index contributed by atoms with van der Waals surface area (Å²) in [6.07, 6.45) is 0.186. The Hall–Kier alpha value is -0.840. The number of rotatable bonds is 3. The zero-order chi connectivity index (χ0) is 10.8. The minimum absolute atomic E-state index is 0.359. The highest BCUT2D eigenvalue weighted by molar-refractivity contribution is 7.13. The zero-order valence-electron chi connectivity index (χ0n) is 8.11. The highest BCUT2D eigenvalue weighted by atomic mass is 35.5. The molecule has 2 aromatic heterocycles. The van der Waals surface area contributed by atoms with Crippen LogP contribution < -0.4 is 0 Å². The van der Waals surface area contributed by atoms with E-state index in [9.17, 15) is 5.11 Å². The average molecular weight is 244 g/mol. The molecule has 5 heteroatoms. The number of thiazole rings is 1. The molecule has 0 radical (unpaired) electrons. The van der Waals surface area contributed by atoms with Gasteiger partial charge < -0.3 is 9.52 Å². The second kappa shape index (κ2) is 4.35. The summed E-state index contributed by atoms with van der Waals surface area (Å²) in [5, 5.41) is 12.3. The molecular weight excluding hydrogens is 234 g/mol. The molecule has 0 aliphatic rings. The van der Waals surface area contributed by atoms with Gasteiger partial charge in [0.25, 0.3) is 0 Å². The summed E-state index contributed by atoms with van der Waals surface area (Å²) < 4.78 is 5.24. The maximum atomic E-state index is 9.21. The fourth-order valence-corrected chi connectivity index (χ4v) is 2.18. The van der Waals surface area contributed by atoms with Crippen molar-refractivity contribution < 1.29 is 9.52 Å². The van der Waals surface area contributed by atoms with Crippen molar-refractivity contribution in [2.45, 2.75) is 19.4 Å². The number of aliphatic hydroxyl groups is 1. The van der Waals surface area contributed by atoms with Gasteiger partial charge in [0.05, 0.1) is 11.8 Å². The van der Waals surface area contributed by atoms with Crippen LogP contribution in [0.1, 0.15) is 12.6 Å². The van der Waals surface area contributed by atoms with Crippen LogP contribution in [0.25, 0.3) is 10.8 Å². The van der Waals surface area contributed by atoms with Gasteiger partial charge in [-0.3, -0.25) is 0 Å². The van der Waals surface area contributed by atoms with Gasteiger partial charge in [-0.2, -0.15) is 0 Å². The van der Waals surface area contributed by atoms with Gasteiger partial charge in [-0.15, -0.1) is 11.3 Å². The van der Waals surface area contributed by atoms with Crippen molar-refractivity contribution in [2.75, 3.05) is 0 Å². The van der Waals surface area contributed by atoms with Crippen molar-refractivity contribution in [3.05, 3.63) is 28.4 Å². The monoisotopic (exact) mass is 243 g/mol. The van der Waals surface area contributed by atoms with Crippen LogP contribution in [0.2, 0.25) is 5.22 Å². The Kier molecular flexibility index (Phi) is 3.09. The molecule has 0 aromatic carbocycles. The molecule has 2 heterocycles. The second-order valence-electron chi connectivity index (χ2n) is 3.30. The first-order chi connectivity index (χ1) is 7.15. The van der Waals surface area contributed by atoms with Crippen LogP contribution in [0.15, 0.2) is 21.9 Å². The lowest BCUT2D eigenvalue weighted by atomic mass is 10.2. The first-order valence-corrected chi connectivity index (χ1v) is 5.79. The molecule has 0 saturated heterocycles. The van der Waals surface area contributed by atoms with Crippen LogP contribution in [0, 0.1) is 0 Å². The Labute approximate surface area is 96.3 Å². The van der Waals surface area contributed by atoms with Gasteiger partial charge in [0.15, 0.2) is 16.0 Å². The average Bonchev–Trinajstić information content (AvgIpc) is 2.72. The third-order valence-electron chi connectivity index (χ3n) is 1.84. The fourth-order valence-electron chi connectivity index (χ4n) is 1.25. The van der Waals surface area contributed by atoms with E-state index in [2.05, 4.69) is 4.98 Å². The molecule has 1 atom stereocenters. The smallest absolute Gasteiger partial charge is 0.194 e. The first kappa shape index (κ1) is 10.7. The zero-order valence-corrected chi connectivity index (χ0v) is 9.68. The first-order valence-electron chi connectivity index (χ1n) is 4.53. The third kappa shape index (κ3) is 2.59. The van der Waals surface area contributed by atoms with E-state index in [-0.39, 0.29) is 6.10 Å². The molecule has 15 heavy (non-hydrogen) atoms. The molecule has 2 aromatic rings. The van der Waals surface area contributed by atoms with E-state index < -0.39 is 0 Å². The van der Waals surface area contributed by atoms with Crippen molar-refractivity contribution >= 4 is 22.9 Å². The van der Waals surface area contributed by atoms with Gasteiger partial charge in [-0.25, -0.2) is 4.98 Å². The van der Waals surface area contributed by atoms with Crippen molar-refractivity contribution in [1.82, 2.24) is 4.98 Å². The molecule has 0 aliphatic heterocycles. The lowest BCUT2D eigenvalue weighted by Crippen LogP contribution is -2.04. The molecule has 3 nitrogen and oxygen atoms in total. The summed E-state index contributed by atoms with van der Waals surface area (Å²) in [7, 11) is 0. The number of aromatic nitrogens is 1. The highest BCUT2D eigenvalue weighted by Crippen LogP contribution is 2.27. The molecule has 0 aliphatic carbocycles. The molecule has 2 rings (SSSR count). The minimum atomic E-state index is -0.375. The second-order valence-corrected chi connectivity index (χ2v) is 4.53. The van der Waals surface area contributed by atoms with E-state index in [0.29, 0.717) is 17.4 Å². The Morgan fingerprint density at radius 1 is 1.60 bits per heavy atom. The predicted octanol–water partition coefficient (Wildman–Crippen LogP) is 2.98. The summed E-state index contributed by atoms with van der Waals surface area (Å²) >= 11 is 7.15. The molecular formula is C10H10ClNO2S. The summed E-state index contributed by atoms with van der Waals surface area (Å²) in [4.78, 5) is 4.34. The molecule has 0 bridgehead atoms. The lowest BCUT2D eigenvalue weighted by molar-refractivity contribution is 0.194. The SMILES string of the molecule is CC(O)Cc1csc(-c2ccc(Cl)o2)n1. The number of halogens is 1. The number of furan rings is 1. The van der Waals surface area contributed by atoms with Gasteiger partial charge in [0.1, 0.15) is 0 Å². The van der Waals surface area contributed by atoms with Crippen LogP contribution in [0.3, 0.4) is 0 Å². The molecule has 0 spiro atoms. The molecule has 0 amide bonds. The van der Waals surface area contributed by atoms with Gasteiger partial charge in [0, 0.05) is 11.8 Å². The normalized spacial score (nSPS) is 13.0. The Bertz CT molecular complexity index is 450. The summed E-state index contributed by atoms with van der Waals surface area (Å²) in [6, 6.07) is 3.47. The van der Waals surface area contributed by atoms with Gasteiger partial charge in [-0.05, 0) is 30.7 Å². The Morgan fingerprint density at radius 2 is 2.40 bits per heavy atom. The highest BCUT2D eigenvalue weighted by Gasteiger charge is 2.09. The Balaban J connectivity index is 2.20. The van der Waals surface area contributed by atoms with Crippen LogP contribution in [-0.4, -0.2) is 16.2 Å². The molecule has 80 valence electrons. The van der Waals surface area contributed by atoms with Crippen LogP contribution in [0.4, 0.5) is 0 Å². The lowest BCUT2D eigenvalue weighted by Gasteiger charge is -1.98. The van der Waals surface area contributed by atoms with Crippen LogP contribution in [0.5, 0.6) is 0 Å². The fraction of sp³-hybridized carbons (Fsp3) is 0.300. The summed E-state index contributed by atoms with van der Waals surface area (Å²) in [5.41, 5.74) is 0.873. The topological polar surface area (TPSA) is 46.3 Å². The van der Waals surface area contributed by atoms with Crippen LogP contribution >= 0.6 is 22.9 Å². The van der Waals surface area contributed by atoms with Crippen molar-refractivity contribution in [3.8, 4) is 10.8 Å². The third-order valence-corrected chi connectivity index (χ3v) is 2.95. The molecule has 1 unspecified atom stereocenters. The van der Waals surface area contributed by atoms with Crippen molar-refractivity contribution in [2.24, 2.45) is 0 Å². The van der Waals surface area contributed by atoms with E-state index in [1.807, 2.05) is 5.38 Å². The van der Waals surface area contributed by atoms with Gasteiger partial charge in [0.2, 0.25) is 0 Å². The number of nitrogens with zero attached hydrogens (tertiary/aromatic N) is 1. The predicted molar refractivity (Wildman–Crippen MR) is 60.2 cm³/mol. The number of hydrogen-bond donors (Lipinski definition) is 1. The van der Waals surface area contributed by atoms with E-state index >= 15 is 0 Å².